The molecule has 4 heterocycles. The van der Waals surface area contributed by atoms with Gasteiger partial charge in [-0.1, -0.05) is 218 Å². The molecule has 0 atom stereocenters. The SMILES string of the molecule is c1ccc(-c2ccc(-c3nc(-c4ccccc4)nc(-c4cc(-c5ccccc5)c(-n5c6ccc(-n7c8ccccc8c8ccccc87)cc6c6cc(-n7c8ccccc8c8ccccc87)ccc65)c(-c5ccccc5)c4)n3)cc2)cc1. The Morgan fingerprint density at radius 3 is 0.901 bits per heavy atom. The normalized spacial score (nSPS) is 11.7. The zero-order chi connectivity index (χ0) is 53.4. The smallest absolute Gasteiger partial charge is 0.164 e. The largest absolute Gasteiger partial charge is 0.309 e. The van der Waals surface area contributed by atoms with Crippen molar-refractivity contribution in [1.29, 1.82) is 0 Å². The van der Waals surface area contributed by atoms with E-state index in [1.165, 1.54) is 43.6 Å². The van der Waals surface area contributed by atoms with Crippen molar-refractivity contribution in [2.24, 2.45) is 0 Å². The molecule has 16 rings (SSSR count). The molecule has 0 spiro atoms. The van der Waals surface area contributed by atoms with Gasteiger partial charge in [-0.15, -0.1) is 0 Å². The van der Waals surface area contributed by atoms with Gasteiger partial charge in [-0.25, -0.2) is 15.0 Å². The van der Waals surface area contributed by atoms with Crippen molar-refractivity contribution in [3.05, 3.63) is 291 Å². The van der Waals surface area contributed by atoms with E-state index in [0.717, 1.165) is 88.9 Å². The highest BCUT2D eigenvalue weighted by Crippen LogP contribution is 2.46. The van der Waals surface area contributed by atoms with E-state index in [2.05, 4.69) is 281 Å². The fourth-order valence-electron chi connectivity index (χ4n) is 12.4. The van der Waals surface area contributed by atoms with E-state index in [0.29, 0.717) is 17.5 Å². The van der Waals surface area contributed by atoms with Gasteiger partial charge in [-0.3, -0.25) is 0 Å². The molecule has 6 heteroatoms. The minimum atomic E-state index is 0.584. The molecule has 0 saturated carbocycles. The van der Waals surface area contributed by atoms with Gasteiger partial charge in [-0.05, 0) is 95.1 Å². The van der Waals surface area contributed by atoms with Crippen LogP contribution >= 0.6 is 0 Å². The molecule has 0 aliphatic heterocycles. The first-order chi connectivity index (χ1) is 40.2. The first kappa shape index (κ1) is 46.2. The molecule has 0 saturated heterocycles. The predicted molar refractivity (Wildman–Crippen MR) is 335 cm³/mol. The number of nitrogens with zero attached hydrogens (tertiary/aromatic N) is 6. The third kappa shape index (κ3) is 7.68. The lowest BCUT2D eigenvalue weighted by atomic mass is 9.92. The zero-order valence-electron chi connectivity index (χ0n) is 43.9. The Morgan fingerprint density at radius 2 is 0.494 bits per heavy atom. The summed E-state index contributed by atoms with van der Waals surface area (Å²) in [5, 5.41) is 7.19. The number of benzene rings is 12. The fourth-order valence-corrected chi connectivity index (χ4v) is 12.4. The number of fused-ring (bicyclic) bond motifs is 9. The second-order valence-corrected chi connectivity index (χ2v) is 20.7. The second kappa shape index (κ2) is 18.9. The summed E-state index contributed by atoms with van der Waals surface area (Å²) in [6.45, 7) is 0. The Kier molecular flexibility index (Phi) is 10.8. The Hall–Kier alpha value is -11.0. The summed E-state index contributed by atoms with van der Waals surface area (Å²) in [5.74, 6) is 1.79. The Labute approximate surface area is 467 Å². The van der Waals surface area contributed by atoms with Crippen molar-refractivity contribution in [2.75, 3.05) is 0 Å². The fraction of sp³-hybridized carbons (Fsp3) is 0. The Bertz CT molecular complexity index is 4740. The van der Waals surface area contributed by atoms with Crippen LogP contribution in [0.5, 0.6) is 0 Å². The number of hydrogen-bond acceptors (Lipinski definition) is 3. The zero-order valence-corrected chi connectivity index (χ0v) is 43.9. The maximum Gasteiger partial charge on any atom is 0.164 e. The summed E-state index contributed by atoms with van der Waals surface area (Å²) in [6.07, 6.45) is 0. The highest BCUT2D eigenvalue weighted by molar-refractivity contribution is 6.15. The van der Waals surface area contributed by atoms with Crippen LogP contribution in [0.4, 0.5) is 0 Å². The van der Waals surface area contributed by atoms with E-state index in [1.54, 1.807) is 0 Å². The molecule has 4 aromatic heterocycles. The minimum absolute atomic E-state index is 0.584. The number of para-hydroxylation sites is 4. The van der Waals surface area contributed by atoms with Crippen molar-refractivity contribution < 1.29 is 0 Å². The molecular formula is C75H48N6. The van der Waals surface area contributed by atoms with E-state index in [1.807, 2.05) is 24.3 Å². The quantitative estimate of drug-likeness (QED) is 0.145. The van der Waals surface area contributed by atoms with E-state index >= 15 is 0 Å². The summed E-state index contributed by atoms with van der Waals surface area (Å²) in [6, 6.07) is 104. The first-order valence-corrected chi connectivity index (χ1v) is 27.5. The summed E-state index contributed by atoms with van der Waals surface area (Å²) in [4.78, 5) is 15.9. The Balaban J connectivity index is 0.983. The lowest BCUT2D eigenvalue weighted by Crippen LogP contribution is -2.04. The molecule has 378 valence electrons. The lowest BCUT2D eigenvalue weighted by molar-refractivity contribution is 1.07. The maximum atomic E-state index is 5.38. The molecule has 0 bridgehead atoms. The minimum Gasteiger partial charge on any atom is -0.309 e. The highest BCUT2D eigenvalue weighted by Gasteiger charge is 2.25. The lowest BCUT2D eigenvalue weighted by Gasteiger charge is -2.21. The standard InChI is InChI=1S/C75H48N6/c1-5-21-49(22-6-1)50-37-39-54(40-38-50)74-76-73(53-27-11-4-12-28-53)77-75(78-74)55-45-62(51-23-7-2-8-24-51)72(63(46-55)52-25-9-3-10-26-52)81-70-43-41-56(79-66-33-17-13-29-58(66)59-30-14-18-34-67(59)79)47-64(70)65-48-57(42-44-71(65)81)80-68-35-19-15-31-60(68)61-32-16-20-36-69(61)80/h1-48H. The van der Waals surface area contributed by atoms with Gasteiger partial charge in [0, 0.05) is 71.5 Å². The summed E-state index contributed by atoms with van der Waals surface area (Å²) in [7, 11) is 0. The maximum absolute atomic E-state index is 5.38. The average Bonchev–Trinajstić information content (AvgIpc) is 4.22. The van der Waals surface area contributed by atoms with Gasteiger partial charge in [0.15, 0.2) is 17.5 Å². The van der Waals surface area contributed by atoms with Crippen LogP contribution in [0.15, 0.2) is 291 Å². The first-order valence-electron chi connectivity index (χ1n) is 27.5. The second-order valence-electron chi connectivity index (χ2n) is 20.7. The van der Waals surface area contributed by atoms with Crippen LogP contribution in [0.1, 0.15) is 0 Å². The van der Waals surface area contributed by atoms with Crippen LogP contribution in [-0.4, -0.2) is 28.7 Å². The van der Waals surface area contributed by atoms with Crippen molar-refractivity contribution in [3.8, 4) is 84.6 Å². The van der Waals surface area contributed by atoms with Crippen molar-refractivity contribution in [3.63, 3.8) is 0 Å². The molecule has 16 aromatic rings. The third-order valence-corrected chi connectivity index (χ3v) is 16.1. The van der Waals surface area contributed by atoms with Crippen LogP contribution in [0, 0.1) is 0 Å². The highest BCUT2D eigenvalue weighted by atomic mass is 15.0. The summed E-state index contributed by atoms with van der Waals surface area (Å²) in [5.41, 5.74) is 19.3. The van der Waals surface area contributed by atoms with Gasteiger partial charge in [0.1, 0.15) is 0 Å². The molecule has 0 fully saturated rings. The average molecular weight is 1030 g/mol. The van der Waals surface area contributed by atoms with Crippen LogP contribution in [0.25, 0.3) is 150 Å². The Morgan fingerprint density at radius 1 is 0.198 bits per heavy atom. The van der Waals surface area contributed by atoms with Crippen molar-refractivity contribution in [1.82, 2.24) is 28.7 Å². The van der Waals surface area contributed by atoms with Crippen LogP contribution < -0.4 is 0 Å². The van der Waals surface area contributed by atoms with E-state index in [4.69, 9.17) is 15.0 Å². The van der Waals surface area contributed by atoms with Crippen LogP contribution in [0.3, 0.4) is 0 Å². The summed E-state index contributed by atoms with van der Waals surface area (Å²) < 4.78 is 7.36. The van der Waals surface area contributed by atoms with Gasteiger partial charge in [0.2, 0.25) is 0 Å². The molecule has 0 unspecified atom stereocenters. The summed E-state index contributed by atoms with van der Waals surface area (Å²) >= 11 is 0. The van der Waals surface area contributed by atoms with Gasteiger partial charge < -0.3 is 13.7 Å². The van der Waals surface area contributed by atoms with Gasteiger partial charge in [0.25, 0.3) is 0 Å². The molecule has 81 heavy (non-hydrogen) atoms. The van der Waals surface area contributed by atoms with Crippen molar-refractivity contribution >= 4 is 65.4 Å². The number of aromatic nitrogens is 6. The molecule has 12 aromatic carbocycles. The van der Waals surface area contributed by atoms with E-state index in [-0.39, 0.29) is 0 Å². The number of hydrogen-bond donors (Lipinski definition) is 0. The number of rotatable bonds is 9. The molecule has 0 radical (unpaired) electrons. The topological polar surface area (TPSA) is 53.5 Å². The van der Waals surface area contributed by atoms with Crippen molar-refractivity contribution in [2.45, 2.75) is 0 Å². The molecule has 0 amide bonds. The molecular weight excluding hydrogens is 985 g/mol. The van der Waals surface area contributed by atoms with E-state index < -0.39 is 0 Å². The van der Waals surface area contributed by atoms with Crippen LogP contribution in [0.2, 0.25) is 0 Å². The van der Waals surface area contributed by atoms with Gasteiger partial charge in [-0.2, -0.15) is 0 Å². The third-order valence-electron chi connectivity index (χ3n) is 16.1. The predicted octanol–water partition coefficient (Wildman–Crippen LogP) is 19.2. The van der Waals surface area contributed by atoms with Crippen LogP contribution in [-0.2, 0) is 0 Å². The monoisotopic (exact) mass is 1030 g/mol. The molecule has 0 aliphatic carbocycles. The van der Waals surface area contributed by atoms with Gasteiger partial charge >= 0.3 is 0 Å². The van der Waals surface area contributed by atoms with E-state index in [9.17, 15) is 0 Å². The van der Waals surface area contributed by atoms with Gasteiger partial charge in [0.05, 0.1) is 38.8 Å². The molecule has 6 nitrogen and oxygen atoms in total. The molecule has 0 aliphatic rings. The molecule has 0 N–H and O–H groups in total.